The second-order valence-corrected chi connectivity index (χ2v) is 8.13. The molecule has 4 rings (SSSR count). The van der Waals surface area contributed by atoms with E-state index in [0.717, 1.165) is 62.7 Å². The molecule has 1 aromatic heterocycles. The highest BCUT2D eigenvalue weighted by Crippen LogP contribution is 2.30. The third kappa shape index (κ3) is 4.10. The van der Waals surface area contributed by atoms with Crippen molar-refractivity contribution in [2.75, 3.05) is 58.0 Å². The van der Waals surface area contributed by atoms with Crippen LogP contribution < -0.4 is 4.74 Å². The quantitative estimate of drug-likeness (QED) is 0.800. The van der Waals surface area contributed by atoms with Gasteiger partial charge in [-0.15, -0.1) is 0 Å². The molecule has 146 valence electrons. The molecule has 0 spiro atoms. The molecule has 2 fully saturated rings. The Bertz CT molecular complexity index is 787. The normalized spacial score (nSPS) is 22.0. The van der Waals surface area contributed by atoms with Gasteiger partial charge in [-0.05, 0) is 24.3 Å². The minimum absolute atomic E-state index is 0.0194. The van der Waals surface area contributed by atoms with Crippen LogP contribution in [0.4, 0.5) is 0 Å². The lowest BCUT2D eigenvalue weighted by Crippen LogP contribution is -2.50. The van der Waals surface area contributed by atoms with Gasteiger partial charge in [-0.1, -0.05) is 12.1 Å². The first-order valence-corrected chi connectivity index (χ1v) is 10.7. The van der Waals surface area contributed by atoms with Gasteiger partial charge in [0.1, 0.15) is 0 Å². The van der Waals surface area contributed by atoms with Crippen LogP contribution in [0.15, 0.2) is 28.7 Å². The number of benzene rings is 1. The number of fused-ring (bicyclic) bond motifs is 1. The van der Waals surface area contributed by atoms with Crippen molar-refractivity contribution in [1.82, 2.24) is 9.80 Å². The zero-order valence-electron chi connectivity index (χ0n) is 15.7. The Morgan fingerprint density at radius 2 is 2.15 bits per heavy atom. The fourth-order valence-corrected chi connectivity index (χ4v) is 4.83. The Morgan fingerprint density at radius 1 is 1.30 bits per heavy atom. The summed E-state index contributed by atoms with van der Waals surface area (Å²) in [5.41, 5.74) is 0.636. The Balaban J connectivity index is 1.57. The van der Waals surface area contributed by atoms with Crippen LogP contribution in [0.5, 0.6) is 5.75 Å². The number of morpholine rings is 1. The molecule has 3 heterocycles. The predicted molar refractivity (Wildman–Crippen MR) is 107 cm³/mol. The lowest BCUT2D eigenvalue weighted by atomic mass is 10.2. The number of amides is 1. The third-order valence-electron chi connectivity index (χ3n) is 5.21. The van der Waals surface area contributed by atoms with Crippen molar-refractivity contribution < 1.29 is 18.7 Å². The SMILES string of the molecule is COc1cccc2cc(C(=O)N3CCCSCC3CN3CCOCC3)oc12. The van der Waals surface area contributed by atoms with E-state index in [1.807, 2.05) is 40.9 Å². The minimum atomic E-state index is -0.0194. The van der Waals surface area contributed by atoms with Crippen molar-refractivity contribution in [2.45, 2.75) is 12.5 Å². The first kappa shape index (κ1) is 18.7. The molecule has 6 nitrogen and oxygen atoms in total. The van der Waals surface area contributed by atoms with Crippen LogP contribution in [0, 0.1) is 0 Å². The number of hydrogen-bond donors (Lipinski definition) is 0. The largest absolute Gasteiger partial charge is 0.493 e. The fourth-order valence-electron chi connectivity index (χ4n) is 3.77. The number of hydrogen-bond acceptors (Lipinski definition) is 6. The van der Waals surface area contributed by atoms with Gasteiger partial charge in [0.05, 0.1) is 26.4 Å². The molecule has 2 saturated heterocycles. The van der Waals surface area contributed by atoms with Crippen molar-refractivity contribution in [2.24, 2.45) is 0 Å². The standard InChI is InChI=1S/C20H26N2O4S/c1-24-17-5-2-4-15-12-18(26-19(15)17)20(23)22-6-3-11-27-14-16(22)13-21-7-9-25-10-8-21/h2,4-5,12,16H,3,6-11,13-14H2,1H3. The lowest BCUT2D eigenvalue weighted by molar-refractivity contribution is 0.0239. The molecule has 1 aromatic carbocycles. The smallest absolute Gasteiger partial charge is 0.289 e. The van der Waals surface area contributed by atoms with Crippen molar-refractivity contribution >= 4 is 28.6 Å². The molecule has 1 amide bonds. The second-order valence-electron chi connectivity index (χ2n) is 6.98. The van der Waals surface area contributed by atoms with Crippen LogP contribution in [0.2, 0.25) is 0 Å². The average molecular weight is 391 g/mol. The highest BCUT2D eigenvalue weighted by atomic mass is 32.2. The van der Waals surface area contributed by atoms with Crippen LogP contribution >= 0.6 is 11.8 Å². The van der Waals surface area contributed by atoms with E-state index in [0.29, 0.717) is 17.1 Å². The van der Waals surface area contributed by atoms with Crippen LogP contribution in [-0.2, 0) is 4.74 Å². The van der Waals surface area contributed by atoms with E-state index in [-0.39, 0.29) is 11.9 Å². The molecule has 2 aromatic rings. The number of furan rings is 1. The molecule has 1 unspecified atom stereocenters. The van der Waals surface area contributed by atoms with E-state index in [2.05, 4.69) is 4.90 Å². The number of carbonyl (C=O) groups is 1. The Kier molecular flexibility index (Phi) is 5.90. The maximum absolute atomic E-state index is 13.3. The zero-order chi connectivity index (χ0) is 18.6. The summed E-state index contributed by atoms with van der Waals surface area (Å²) in [5, 5.41) is 0.895. The molecule has 1 atom stereocenters. The number of para-hydroxylation sites is 1. The van der Waals surface area contributed by atoms with Crippen LogP contribution in [0.1, 0.15) is 17.0 Å². The molecule has 2 aliphatic heterocycles. The number of ether oxygens (including phenoxy) is 2. The maximum atomic E-state index is 13.3. The third-order valence-corrected chi connectivity index (χ3v) is 6.41. The van der Waals surface area contributed by atoms with Crippen molar-refractivity contribution in [3.05, 3.63) is 30.0 Å². The van der Waals surface area contributed by atoms with Crippen LogP contribution in [-0.4, -0.2) is 79.8 Å². The molecule has 0 bridgehead atoms. The predicted octanol–water partition coefficient (Wildman–Crippen LogP) is 2.72. The number of nitrogens with zero attached hydrogens (tertiary/aromatic N) is 2. The van der Waals surface area contributed by atoms with E-state index in [9.17, 15) is 4.79 Å². The molecule has 7 heteroatoms. The molecule has 0 aliphatic carbocycles. The molecule has 27 heavy (non-hydrogen) atoms. The topological polar surface area (TPSA) is 55.2 Å². The van der Waals surface area contributed by atoms with Crippen LogP contribution in [0.3, 0.4) is 0 Å². The van der Waals surface area contributed by atoms with E-state index in [1.54, 1.807) is 7.11 Å². The molecular weight excluding hydrogens is 364 g/mol. The summed E-state index contributed by atoms with van der Waals surface area (Å²) in [6, 6.07) is 7.74. The highest BCUT2D eigenvalue weighted by molar-refractivity contribution is 7.99. The Morgan fingerprint density at radius 3 is 2.96 bits per heavy atom. The average Bonchev–Trinajstić information content (AvgIpc) is 3.02. The Labute approximate surface area is 163 Å². The summed E-state index contributed by atoms with van der Waals surface area (Å²) in [4.78, 5) is 17.7. The number of methoxy groups -OCH3 is 1. The van der Waals surface area contributed by atoms with Crippen molar-refractivity contribution in [1.29, 1.82) is 0 Å². The van der Waals surface area contributed by atoms with Gasteiger partial charge in [0.2, 0.25) is 0 Å². The van der Waals surface area contributed by atoms with Gasteiger partial charge in [-0.25, -0.2) is 0 Å². The summed E-state index contributed by atoms with van der Waals surface area (Å²) in [7, 11) is 1.61. The van der Waals surface area contributed by atoms with Crippen molar-refractivity contribution in [3.8, 4) is 5.75 Å². The van der Waals surface area contributed by atoms with Gasteiger partial charge in [0.15, 0.2) is 17.1 Å². The minimum Gasteiger partial charge on any atom is -0.493 e. The number of thioether (sulfide) groups is 1. The van der Waals surface area contributed by atoms with Crippen molar-refractivity contribution in [3.63, 3.8) is 0 Å². The molecule has 2 aliphatic rings. The fraction of sp³-hybridized carbons (Fsp3) is 0.550. The molecule has 0 saturated carbocycles. The molecular formula is C20H26N2O4S. The zero-order valence-corrected chi connectivity index (χ0v) is 16.5. The summed E-state index contributed by atoms with van der Waals surface area (Å²) in [6.07, 6.45) is 1.01. The maximum Gasteiger partial charge on any atom is 0.289 e. The van der Waals surface area contributed by atoms with E-state index in [1.165, 1.54) is 0 Å². The van der Waals surface area contributed by atoms with Crippen LogP contribution in [0.25, 0.3) is 11.0 Å². The first-order chi connectivity index (χ1) is 13.3. The summed E-state index contributed by atoms with van der Waals surface area (Å²) in [6.45, 7) is 5.09. The first-order valence-electron chi connectivity index (χ1n) is 9.51. The second kappa shape index (κ2) is 8.54. The van der Waals surface area contributed by atoms with E-state index >= 15 is 0 Å². The summed E-state index contributed by atoms with van der Waals surface area (Å²) >= 11 is 1.94. The monoisotopic (exact) mass is 390 g/mol. The van der Waals surface area contributed by atoms with Gasteiger partial charge < -0.3 is 18.8 Å². The Hall–Kier alpha value is -1.70. The highest BCUT2D eigenvalue weighted by Gasteiger charge is 2.30. The van der Waals surface area contributed by atoms with E-state index in [4.69, 9.17) is 13.9 Å². The summed E-state index contributed by atoms with van der Waals surface area (Å²) in [5.74, 6) is 3.09. The summed E-state index contributed by atoms with van der Waals surface area (Å²) < 4.78 is 16.8. The van der Waals surface area contributed by atoms with Gasteiger partial charge in [-0.3, -0.25) is 9.69 Å². The lowest BCUT2D eigenvalue weighted by Gasteiger charge is -2.35. The van der Waals surface area contributed by atoms with Gasteiger partial charge in [-0.2, -0.15) is 11.8 Å². The molecule has 0 radical (unpaired) electrons. The van der Waals surface area contributed by atoms with Gasteiger partial charge in [0, 0.05) is 37.3 Å². The van der Waals surface area contributed by atoms with E-state index < -0.39 is 0 Å². The van der Waals surface area contributed by atoms with Gasteiger partial charge >= 0.3 is 0 Å². The molecule has 0 N–H and O–H groups in total. The van der Waals surface area contributed by atoms with Gasteiger partial charge in [0.25, 0.3) is 5.91 Å². The number of rotatable bonds is 4. The number of carbonyl (C=O) groups excluding carboxylic acids is 1.